The molecule has 1 nitrogen and oxygen atoms in total. The first-order chi connectivity index (χ1) is 6.61. The van der Waals surface area contributed by atoms with Gasteiger partial charge >= 0.3 is 0 Å². The molecule has 0 saturated heterocycles. The Bertz CT molecular complexity index is 329. The number of benzene rings is 1. The van der Waals surface area contributed by atoms with Gasteiger partial charge in [-0.2, -0.15) is 0 Å². The first-order valence-electron chi connectivity index (χ1n) is 4.49. The molecular formula is C12H13FO. The molecule has 0 aromatic heterocycles. The molecule has 0 fully saturated rings. The third-order valence-electron chi connectivity index (χ3n) is 1.87. The minimum absolute atomic E-state index is 0.105. The number of hydrogen-bond acceptors (Lipinski definition) is 1. The van der Waals surface area contributed by atoms with Gasteiger partial charge < -0.3 is 0 Å². The highest BCUT2D eigenvalue weighted by Crippen LogP contribution is 2.12. The van der Waals surface area contributed by atoms with Crippen LogP contribution in [0.2, 0.25) is 0 Å². The van der Waals surface area contributed by atoms with Crippen molar-refractivity contribution in [2.75, 3.05) is 0 Å². The quantitative estimate of drug-likeness (QED) is 0.529. The van der Waals surface area contributed by atoms with Crippen molar-refractivity contribution in [2.24, 2.45) is 0 Å². The molecule has 0 aliphatic heterocycles. The molecule has 74 valence electrons. The molecule has 2 heteroatoms. The van der Waals surface area contributed by atoms with Crippen molar-refractivity contribution in [3.8, 4) is 0 Å². The minimum Gasteiger partial charge on any atom is -0.291 e. The lowest BCUT2D eigenvalue weighted by atomic mass is 10.0. The molecule has 1 aromatic rings. The number of Topliss-reactive ketones (excluding diaryl/α,β-unsaturated/α-hetero) is 1. The zero-order chi connectivity index (χ0) is 10.6. The third kappa shape index (κ3) is 2.80. The van der Waals surface area contributed by atoms with Gasteiger partial charge in [0, 0.05) is 12.0 Å². The van der Waals surface area contributed by atoms with Gasteiger partial charge in [-0.15, -0.1) is 6.58 Å². The topological polar surface area (TPSA) is 17.1 Å². The molecule has 0 N–H and O–H groups in total. The van der Waals surface area contributed by atoms with Crippen LogP contribution in [-0.4, -0.2) is 12.0 Å². The molecule has 0 amide bonds. The van der Waals surface area contributed by atoms with Gasteiger partial charge in [-0.1, -0.05) is 35.9 Å². The number of carbonyl (C=O) groups is 1. The fraction of sp³-hybridized carbons (Fsp3) is 0.250. The van der Waals surface area contributed by atoms with Crippen molar-refractivity contribution in [1.29, 1.82) is 0 Å². The molecule has 0 saturated carbocycles. The summed E-state index contributed by atoms with van der Waals surface area (Å²) < 4.78 is 13.3. The van der Waals surface area contributed by atoms with E-state index in [9.17, 15) is 9.18 Å². The maximum atomic E-state index is 13.3. The van der Waals surface area contributed by atoms with Crippen molar-refractivity contribution in [3.05, 3.63) is 48.0 Å². The second-order valence-corrected chi connectivity index (χ2v) is 3.36. The maximum Gasteiger partial charge on any atom is 0.197 e. The third-order valence-corrected chi connectivity index (χ3v) is 1.87. The number of ketones is 1. The highest BCUT2D eigenvalue weighted by molar-refractivity contribution is 5.99. The van der Waals surface area contributed by atoms with Crippen LogP contribution < -0.4 is 0 Å². The van der Waals surface area contributed by atoms with Crippen LogP contribution in [0.1, 0.15) is 23.7 Å². The first-order valence-corrected chi connectivity index (χ1v) is 4.49. The van der Waals surface area contributed by atoms with Crippen LogP contribution in [0.5, 0.6) is 0 Å². The predicted octanol–water partition coefficient (Wildman–Crippen LogP) is 3.17. The zero-order valence-corrected chi connectivity index (χ0v) is 8.16. The van der Waals surface area contributed by atoms with E-state index in [4.69, 9.17) is 0 Å². The normalized spacial score (nSPS) is 12.1. The average molecular weight is 192 g/mol. The first kappa shape index (κ1) is 10.6. The summed E-state index contributed by atoms with van der Waals surface area (Å²) in [7, 11) is 0. The number of halogens is 1. The Balaban J connectivity index is 2.71. The van der Waals surface area contributed by atoms with Crippen LogP contribution in [-0.2, 0) is 0 Å². The number of rotatable bonds is 4. The Hall–Kier alpha value is -1.44. The second kappa shape index (κ2) is 4.70. The number of allylic oxidation sites excluding steroid dienone is 1. The molecule has 14 heavy (non-hydrogen) atoms. The minimum atomic E-state index is -1.46. The molecule has 0 aliphatic carbocycles. The lowest BCUT2D eigenvalue weighted by Crippen LogP contribution is -2.15. The van der Waals surface area contributed by atoms with E-state index in [-0.39, 0.29) is 6.42 Å². The van der Waals surface area contributed by atoms with Gasteiger partial charge in [0.25, 0.3) is 0 Å². The van der Waals surface area contributed by atoms with Gasteiger partial charge in [-0.25, -0.2) is 4.39 Å². The van der Waals surface area contributed by atoms with Crippen molar-refractivity contribution >= 4 is 5.78 Å². The largest absolute Gasteiger partial charge is 0.291 e. The molecule has 0 aliphatic rings. The summed E-state index contributed by atoms with van der Waals surface area (Å²) >= 11 is 0. The molecule has 1 aromatic carbocycles. The molecule has 1 rings (SSSR count). The highest BCUT2D eigenvalue weighted by atomic mass is 19.1. The van der Waals surface area contributed by atoms with E-state index in [0.29, 0.717) is 11.1 Å². The van der Waals surface area contributed by atoms with E-state index in [1.54, 1.807) is 37.3 Å². The van der Waals surface area contributed by atoms with Crippen LogP contribution >= 0.6 is 0 Å². The van der Waals surface area contributed by atoms with Crippen molar-refractivity contribution < 1.29 is 9.18 Å². The van der Waals surface area contributed by atoms with Crippen molar-refractivity contribution in [2.45, 2.75) is 19.5 Å². The summed E-state index contributed by atoms with van der Waals surface area (Å²) in [6, 6.07) is 8.48. The second-order valence-electron chi connectivity index (χ2n) is 3.36. The Labute approximate surface area is 83.3 Å². The molecule has 0 spiro atoms. The van der Waals surface area contributed by atoms with E-state index in [2.05, 4.69) is 6.58 Å². The standard InChI is InChI=1S/C12H13FO/c1-9(2)8-11(13)12(14)10-6-4-3-5-7-10/h3-7,11H,1,8H2,2H3. The summed E-state index contributed by atoms with van der Waals surface area (Å²) in [5, 5.41) is 0. The zero-order valence-electron chi connectivity index (χ0n) is 8.16. The molecule has 1 atom stereocenters. The van der Waals surface area contributed by atoms with Crippen LogP contribution in [0.3, 0.4) is 0 Å². The summed E-state index contributed by atoms with van der Waals surface area (Å²) in [5.41, 5.74) is 1.10. The Kier molecular flexibility index (Phi) is 3.57. The van der Waals surface area contributed by atoms with Gasteiger partial charge in [0.15, 0.2) is 12.0 Å². The van der Waals surface area contributed by atoms with Gasteiger partial charge in [0.1, 0.15) is 0 Å². The van der Waals surface area contributed by atoms with Gasteiger partial charge in [-0.3, -0.25) is 4.79 Å². The maximum absolute atomic E-state index is 13.3. The summed E-state index contributed by atoms with van der Waals surface area (Å²) in [6.07, 6.45) is -1.36. The van der Waals surface area contributed by atoms with Gasteiger partial charge in [0.05, 0.1) is 0 Å². The Morgan fingerprint density at radius 2 is 2.00 bits per heavy atom. The van der Waals surface area contributed by atoms with Crippen LogP contribution in [0, 0.1) is 0 Å². The monoisotopic (exact) mass is 192 g/mol. The van der Waals surface area contributed by atoms with E-state index in [1.807, 2.05) is 0 Å². The molecule has 0 heterocycles. The predicted molar refractivity (Wildman–Crippen MR) is 55.1 cm³/mol. The molecular weight excluding hydrogens is 179 g/mol. The van der Waals surface area contributed by atoms with Crippen molar-refractivity contribution in [3.63, 3.8) is 0 Å². The van der Waals surface area contributed by atoms with Crippen LogP contribution in [0.25, 0.3) is 0 Å². The lowest BCUT2D eigenvalue weighted by molar-refractivity contribution is 0.0877. The van der Waals surface area contributed by atoms with Crippen LogP contribution in [0.15, 0.2) is 42.5 Å². The smallest absolute Gasteiger partial charge is 0.197 e. The summed E-state index contributed by atoms with van der Waals surface area (Å²) in [5.74, 6) is -0.464. The van der Waals surface area contributed by atoms with Gasteiger partial charge in [-0.05, 0) is 6.92 Å². The lowest BCUT2D eigenvalue weighted by Gasteiger charge is -2.06. The molecule has 1 unspecified atom stereocenters. The summed E-state index contributed by atoms with van der Waals surface area (Å²) in [6.45, 7) is 5.29. The fourth-order valence-corrected chi connectivity index (χ4v) is 1.18. The van der Waals surface area contributed by atoms with E-state index >= 15 is 0 Å². The van der Waals surface area contributed by atoms with E-state index in [1.165, 1.54) is 0 Å². The molecule has 0 bridgehead atoms. The van der Waals surface area contributed by atoms with E-state index < -0.39 is 12.0 Å². The number of hydrogen-bond donors (Lipinski definition) is 0. The Morgan fingerprint density at radius 3 is 2.50 bits per heavy atom. The molecule has 0 radical (unpaired) electrons. The number of alkyl halides is 1. The van der Waals surface area contributed by atoms with E-state index in [0.717, 1.165) is 0 Å². The Morgan fingerprint density at radius 1 is 1.43 bits per heavy atom. The summed E-state index contributed by atoms with van der Waals surface area (Å²) in [4.78, 5) is 11.5. The van der Waals surface area contributed by atoms with Crippen LogP contribution in [0.4, 0.5) is 4.39 Å². The fourth-order valence-electron chi connectivity index (χ4n) is 1.18. The SMILES string of the molecule is C=C(C)CC(F)C(=O)c1ccccc1. The highest BCUT2D eigenvalue weighted by Gasteiger charge is 2.18. The van der Waals surface area contributed by atoms with Gasteiger partial charge in [0.2, 0.25) is 0 Å². The number of carbonyl (C=O) groups excluding carboxylic acids is 1. The average Bonchev–Trinajstić information content (AvgIpc) is 2.17. The van der Waals surface area contributed by atoms with Crippen molar-refractivity contribution in [1.82, 2.24) is 0 Å².